The second-order valence-corrected chi connectivity index (χ2v) is 5.04. The zero-order chi connectivity index (χ0) is 17.7. The van der Waals surface area contributed by atoms with Crippen molar-refractivity contribution in [3.05, 3.63) is 0 Å². The molecule has 0 N–H and O–H groups in total. The Balaban J connectivity index is 3.15. The van der Waals surface area contributed by atoms with Crippen LogP contribution in [0.25, 0.3) is 0 Å². The molecule has 9 nitrogen and oxygen atoms in total. The van der Waals surface area contributed by atoms with Crippen LogP contribution < -0.4 is 0 Å². The Morgan fingerprint density at radius 2 is 1.04 bits per heavy atom. The lowest BCUT2D eigenvalue weighted by molar-refractivity contribution is -0.292. The van der Waals surface area contributed by atoms with Gasteiger partial charge in [0.2, 0.25) is 12.4 Å². The van der Waals surface area contributed by atoms with Crippen LogP contribution in [0.5, 0.6) is 0 Å². The summed E-state index contributed by atoms with van der Waals surface area (Å²) >= 11 is 0. The molecular weight excluding hydrogens is 312 g/mol. The number of rotatable bonds is 4. The van der Waals surface area contributed by atoms with Gasteiger partial charge in [0.15, 0.2) is 12.2 Å². The minimum atomic E-state index is -1.29. The fourth-order valence-electron chi connectivity index (χ4n) is 2.23. The minimum Gasteiger partial charge on any atom is -0.456 e. The number of carbonyl (C=O) groups excluding carboxylic acids is 4. The summed E-state index contributed by atoms with van der Waals surface area (Å²) in [5, 5.41) is 0. The predicted molar refractivity (Wildman–Crippen MR) is 72.8 cm³/mol. The van der Waals surface area contributed by atoms with Gasteiger partial charge < -0.3 is 23.7 Å². The summed E-state index contributed by atoms with van der Waals surface area (Å²) in [4.78, 5) is 45.1. The maximum Gasteiger partial charge on any atom is 0.305 e. The standard InChI is InChI=1S/C14H20O9/c1-6-11(20-7(2)15)12(21-8(3)16)13(22-9(4)17)14(19-6)23-10(5)18/h6,11-14H,1-5H3/t6?,11-,12?,13+,14-/m0/s1. The molecule has 0 aromatic carbocycles. The van der Waals surface area contributed by atoms with Gasteiger partial charge in [-0.05, 0) is 6.92 Å². The topological polar surface area (TPSA) is 114 Å². The van der Waals surface area contributed by atoms with Gasteiger partial charge >= 0.3 is 23.9 Å². The van der Waals surface area contributed by atoms with Crippen molar-refractivity contribution in [1.29, 1.82) is 0 Å². The van der Waals surface area contributed by atoms with Gasteiger partial charge in [0.25, 0.3) is 0 Å². The van der Waals surface area contributed by atoms with Gasteiger partial charge in [0.05, 0.1) is 6.10 Å². The molecule has 1 heterocycles. The number of hydrogen-bond donors (Lipinski definition) is 0. The van der Waals surface area contributed by atoms with Crippen molar-refractivity contribution in [3.8, 4) is 0 Å². The molecule has 130 valence electrons. The summed E-state index contributed by atoms with van der Waals surface area (Å²) < 4.78 is 25.7. The summed E-state index contributed by atoms with van der Waals surface area (Å²) in [6.45, 7) is 6.16. The molecule has 1 saturated heterocycles. The lowest BCUT2D eigenvalue weighted by Crippen LogP contribution is -2.61. The van der Waals surface area contributed by atoms with Crippen LogP contribution in [0.2, 0.25) is 0 Å². The lowest BCUT2D eigenvalue weighted by Gasteiger charge is -2.42. The molecule has 0 amide bonds. The Morgan fingerprint density at radius 1 is 0.652 bits per heavy atom. The van der Waals surface area contributed by atoms with Crippen molar-refractivity contribution in [2.75, 3.05) is 0 Å². The van der Waals surface area contributed by atoms with Crippen molar-refractivity contribution in [3.63, 3.8) is 0 Å². The van der Waals surface area contributed by atoms with E-state index >= 15 is 0 Å². The molecule has 1 rings (SSSR count). The van der Waals surface area contributed by atoms with E-state index in [1.165, 1.54) is 6.92 Å². The van der Waals surface area contributed by atoms with Crippen LogP contribution in [0.3, 0.4) is 0 Å². The van der Waals surface area contributed by atoms with E-state index in [0.717, 1.165) is 20.8 Å². The third-order valence-corrected chi connectivity index (χ3v) is 2.92. The first-order valence-electron chi connectivity index (χ1n) is 6.96. The maximum absolute atomic E-state index is 11.4. The van der Waals surface area contributed by atoms with Crippen LogP contribution in [-0.2, 0) is 42.9 Å². The first-order chi connectivity index (χ1) is 10.6. The van der Waals surface area contributed by atoms with Crippen LogP contribution in [0.15, 0.2) is 0 Å². The van der Waals surface area contributed by atoms with Gasteiger partial charge in [0.1, 0.15) is 0 Å². The van der Waals surface area contributed by atoms with Gasteiger partial charge in [-0.25, -0.2) is 0 Å². The van der Waals surface area contributed by atoms with Crippen molar-refractivity contribution in [2.45, 2.75) is 65.3 Å². The van der Waals surface area contributed by atoms with Crippen LogP contribution in [0.1, 0.15) is 34.6 Å². The maximum atomic E-state index is 11.4. The zero-order valence-electron chi connectivity index (χ0n) is 13.6. The normalized spacial score (nSPS) is 30.0. The van der Waals surface area contributed by atoms with Crippen LogP contribution in [0, 0.1) is 0 Å². The first kappa shape index (κ1) is 18.9. The number of hydrogen-bond acceptors (Lipinski definition) is 9. The Labute approximate surface area is 133 Å². The smallest absolute Gasteiger partial charge is 0.305 e. The highest BCUT2D eigenvalue weighted by Crippen LogP contribution is 2.29. The first-order valence-corrected chi connectivity index (χ1v) is 6.96. The molecule has 0 radical (unpaired) electrons. The van der Waals surface area contributed by atoms with Gasteiger partial charge in [-0.15, -0.1) is 0 Å². The largest absolute Gasteiger partial charge is 0.456 e. The Hall–Kier alpha value is -2.16. The molecule has 1 aliphatic rings. The van der Waals surface area contributed by atoms with E-state index in [4.69, 9.17) is 23.7 Å². The van der Waals surface area contributed by atoms with Gasteiger partial charge in [-0.1, -0.05) is 0 Å². The predicted octanol–water partition coefficient (Wildman–Crippen LogP) is 0.0894. The van der Waals surface area contributed by atoms with Crippen LogP contribution in [0.4, 0.5) is 0 Å². The van der Waals surface area contributed by atoms with Crippen molar-refractivity contribution < 1.29 is 42.9 Å². The minimum absolute atomic E-state index is 0.630. The Morgan fingerprint density at radius 3 is 1.48 bits per heavy atom. The van der Waals surface area contributed by atoms with Crippen molar-refractivity contribution in [2.24, 2.45) is 0 Å². The van der Waals surface area contributed by atoms with Gasteiger partial charge in [0, 0.05) is 27.7 Å². The van der Waals surface area contributed by atoms with Gasteiger partial charge in [-0.2, -0.15) is 0 Å². The lowest BCUT2D eigenvalue weighted by atomic mass is 9.99. The molecule has 5 atom stereocenters. The summed E-state index contributed by atoms with van der Waals surface area (Å²) in [6, 6.07) is 0. The molecule has 1 fully saturated rings. The highest BCUT2D eigenvalue weighted by Gasteiger charge is 2.51. The number of esters is 4. The average molecular weight is 332 g/mol. The molecule has 23 heavy (non-hydrogen) atoms. The van der Waals surface area contributed by atoms with E-state index in [2.05, 4.69) is 0 Å². The molecule has 9 heteroatoms. The quantitative estimate of drug-likeness (QED) is 0.521. The highest BCUT2D eigenvalue weighted by atomic mass is 16.7. The van der Waals surface area contributed by atoms with E-state index in [0.29, 0.717) is 0 Å². The number of ether oxygens (including phenoxy) is 5. The third-order valence-electron chi connectivity index (χ3n) is 2.92. The summed E-state index contributed by atoms with van der Waals surface area (Å²) in [5.74, 6) is -2.69. The second kappa shape index (κ2) is 7.91. The highest BCUT2D eigenvalue weighted by molar-refractivity contribution is 5.69. The Kier molecular flexibility index (Phi) is 6.49. The van der Waals surface area contributed by atoms with Crippen molar-refractivity contribution in [1.82, 2.24) is 0 Å². The van der Waals surface area contributed by atoms with Crippen LogP contribution in [-0.4, -0.2) is 54.6 Å². The summed E-state index contributed by atoms with van der Waals surface area (Å²) in [5.41, 5.74) is 0. The number of carbonyl (C=O) groups is 4. The SMILES string of the molecule is CC(=O)OC1[C@@H](OC(C)=O)C(C)O[C@@H](OC(C)=O)[C@@H]1OC(C)=O. The molecule has 0 spiro atoms. The fraction of sp³-hybridized carbons (Fsp3) is 0.714. The van der Waals surface area contributed by atoms with E-state index in [1.807, 2.05) is 0 Å². The molecule has 2 unspecified atom stereocenters. The van der Waals surface area contributed by atoms with E-state index in [1.54, 1.807) is 6.92 Å². The van der Waals surface area contributed by atoms with Crippen LogP contribution >= 0.6 is 0 Å². The molecule has 0 aliphatic carbocycles. The third kappa shape index (κ3) is 5.51. The summed E-state index contributed by atoms with van der Waals surface area (Å²) in [7, 11) is 0. The Bertz CT molecular complexity index is 487. The van der Waals surface area contributed by atoms with Gasteiger partial charge in [-0.3, -0.25) is 19.2 Å². The molecule has 1 aliphatic heterocycles. The molecule has 0 saturated carbocycles. The molecule has 0 aromatic rings. The monoisotopic (exact) mass is 332 g/mol. The second-order valence-electron chi connectivity index (χ2n) is 5.04. The average Bonchev–Trinajstić information content (AvgIpc) is 2.36. The molecule has 0 aromatic heterocycles. The van der Waals surface area contributed by atoms with E-state index in [-0.39, 0.29) is 0 Å². The zero-order valence-corrected chi connectivity index (χ0v) is 13.6. The van der Waals surface area contributed by atoms with E-state index < -0.39 is 54.6 Å². The van der Waals surface area contributed by atoms with Crippen molar-refractivity contribution >= 4 is 23.9 Å². The summed E-state index contributed by atoms with van der Waals surface area (Å²) in [6.07, 6.45) is -5.51. The molecular formula is C14H20O9. The van der Waals surface area contributed by atoms with E-state index in [9.17, 15) is 19.2 Å². The fourth-order valence-corrected chi connectivity index (χ4v) is 2.23. The molecule has 0 bridgehead atoms.